The predicted molar refractivity (Wildman–Crippen MR) is 77.4 cm³/mol. The van der Waals surface area contributed by atoms with E-state index in [4.69, 9.17) is 11.6 Å². The SMILES string of the molecule is O=C1NCCC(C(F)(F)F)CC1NS(=O)(=O)c1ccc(Cl)cc1. The number of hydrogen-bond acceptors (Lipinski definition) is 3. The Morgan fingerprint density at radius 1 is 1.22 bits per heavy atom. The highest BCUT2D eigenvalue weighted by Gasteiger charge is 2.43. The summed E-state index contributed by atoms with van der Waals surface area (Å²) in [5.41, 5.74) is 0. The first-order valence-electron chi connectivity index (χ1n) is 6.72. The summed E-state index contributed by atoms with van der Waals surface area (Å²) < 4.78 is 65.1. The second-order valence-corrected chi connectivity index (χ2v) is 7.33. The van der Waals surface area contributed by atoms with Crippen LogP contribution in [-0.4, -0.2) is 33.1 Å². The molecule has 1 heterocycles. The van der Waals surface area contributed by atoms with E-state index in [1.165, 1.54) is 24.3 Å². The van der Waals surface area contributed by atoms with Gasteiger partial charge < -0.3 is 5.32 Å². The Morgan fingerprint density at radius 3 is 2.39 bits per heavy atom. The summed E-state index contributed by atoms with van der Waals surface area (Å²) in [6.45, 7) is -0.151. The van der Waals surface area contributed by atoms with Crippen LogP contribution < -0.4 is 10.0 Å². The largest absolute Gasteiger partial charge is 0.391 e. The molecule has 1 fully saturated rings. The number of halogens is 4. The Hall–Kier alpha value is -1.32. The number of carbonyl (C=O) groups is 1. The maximum Gasteiger partial charge on any atom is 0.391 e. The summed E-state index contributed by atoms with van der Waals surface area (Å²) in [5.74, 6) is -2.52. The van der Waals surface area contributed by atoms with Crippen LogP contribution in [0.1, 0.15) is 12.8 Å². The highest BCUT2D eigenvalue weighted by atomic mass is 35.5. The van der Waals surface area contributed by atoms with E-state index in [1.54, 1.807) is 0 Å². The van der Waals surface area contributed by atoms with E-state index >= 15 is 0 Å². The summed E-state index contributed by atoms with van der Waals surface area (Å²) >= 11 is 5.66. The average molecular weight is 371 g/mol. The van der Waals surface area contributed by atoms with Crippen molar-refractivity contribution in [3.63, 3.8) is 0 Å². The van der Waals surface area contributed by atoms with Crippen LogP contribution in [0.4, 0.5) is 13.2 Å². The molecule has 1 amide bonds. The summed E-state index contributed by atoms with van der Waals surface area (Å²) in [7, 11) is -4.13. The van der Waals surface area contributed by atoms with Gasteiger partial charge in [-0.1, -0.05) is 11.6 Å². The van der Waals surface area contributed by atoms with E-state index in [-0.39, 0.29) is 17.9 Å². The van der Waals surface area contributed by atoms with Crippen molar-refractivity contribution in [3.8, 4) is 0 Å². The fraction of sp³-hybridized carbons (Fsp3) is 0.462. The Kier molecular flexibility index (Phi) is 5.22. The van der Waals surface area contributed by atoms with Gasteiger partial charge in [0.05, 0.1) is 10.8 Å². The molecule has 0 aromatic heterocycles. The molecular weight excluding hydrogens is 357 g/mol. The van der Waals surface area contributed by atoms with Crippen molar-refractivity contribution >= 4 is 27.5 Å². The van der Waals surface area contributed by atoms with E-state index in [9.17, 15) is 26.4 Å². The van der Waals surface area contributed by atoms with Gasteiger partial charge in [-0.15, -0.1) is 0 Å². The van der Waals surface area contributed by atoms with Gasteiger partial charge in [-0.3, -0.25) is 4.79 Å². The lowest BCUT2D eigenvalue weighted by atomic mass is 9.98. The van der Waals surface area contributed by atoms with Crippen LogP contribution in [0, 0.1) is 5.92 Å². The van der Waals surface area contributed by atoms with Gasteiger partial charge in [0.25, 0.3) is 0 Å². The minimum absolute atomic E-state index is 0.151. The number of amides is 1. The van der Waals surface area contributed by atoms with Crippen LogP contribution >= 0.6 is 11.6 Å². The highest BCUT2D eigenvalue weighted by Crippen LogP contribution is 2.33. The van der Waals surface area contributed by atoms with Crippen LogP contribution in [0.3, 0.4) is 0 Å². The second kappa shape index (κ2) is 6.66. The fourth-order valence-electron chi connectivity index (χ4n) is 2.27. The average Bonchev–Trinajstić information content (AvgIpc) is 2.61. The molecule has 2 unspecified atom stereocenters. The first-order chi connectivity index (χ1) is 10.6. The van der Waals surface area contributed by atoms with Crippen molar-refractivity contribution in [2.24, 2.45) is 5.92 Å². The fourth-order valence-corrected chi connectivity index (χ4v) is 3.60. The number of rotatable bonds is 3. The molecule has 1 aliphatic rings. The van der Waals surface area contributed by atoms with Crippen molar-refractivity contribution in [1.29, 1.82) is 0 Å². The maximum absolute atomic E-state index is 12.9. The molecule has 0 spiro atoms. The monoisotopic (exact) mass is 370 g/mol. The first-order valence-corrected chi connectivity index (χ1v) is 8.58. The zero-order valence-corrected chi connectivity index (χ0v) is 13.3. The summed E-state index contributed by atoms with van der Waals surface area (Å²) in [5, 5.41) is 2.61. The zero-order chi connectivity index (χ0) is 17.3. The van der Waals surface area contributed by atoms with Crippen molar-refractivity contribution < 1.29 is 26.4 Å². The van der Waals surface area contributed by atoms with Gasteiger partial charge in [-0.2, -0.15) is 17.9 Å². The Morgan fingerprint density at radius 2 is 1.83 bits per heavy atom. The number of nitrogens with one attached hydrogen (secondary N) is 2. The summed E-state index contributed by atoms with van der Waals surface area (Å²) in [4.78, 5) is 11.6. The molecule has 0 radical (unpaired) electrons. The topological polar surface area (TPSA) is 75.3 Å². The van der Waals surface area contributed by atoms with Crippen molar-refractivity contribution in [1.82, 2.24) is 10.0 Å². The lowest BCUT2D eigenvalue weighted by molar-refractivity contribution is -0.177. The Labute approximate surface area is 136 Å². The van der Waals surface area contributed by atoms with E-state index in [0.717, 1.165) is 0 Å². The zero-order valence-electron chi connectivity index (χ0n) is 11.7. The molecule has 0 aliphatic carbocycles. The third-order valence-corrected chi connectivity index (χ3v) is 5.25. The molecule has 2 N–H and O–H groups in total. The number of benzene rings is 1. The molecule has 10 heteroatoms. The van der Waals surface area contributed by atoms with Crippen LogP contribution in [0.2, 0.25) is 5.02 Å². The molecule has 1 aliphatic heterocycles. The molecule has 5 nitrogen and oxygen atoms in total. The minimum Gasteiger partial charge on any atom is -0.355 e. The minimum atomic E-state index is -4.49. The van der Waals surface area contributed by atoms with Gasteiger partial charge in [0.2, 0.25) is 15.9 Å². The smallest absolute Gasteiger partial charge is 0.355 e. The van der Waals surface area contributed by atoms with E-state index in [2.05, 4.69) is 5.32 Å². The number of sulfonamides is 1. The lowest BCUT2D eigenvalue weighted by Crippen LogP contribution is -2.46. The third-order valence-electron chi connectivity index (χ3n) is 3.51. The van der Waals surface area contributed by atoms with Gasteiger partial charge in [-0.05, 0) is 37.1 Å². The molecule has 128 valence electrons. The van der Waals surface area contributed by atoms with Gasteiger partial charge in [0, 0.05) is 11.6 Å². The van der Waals surface area contributed by atoms with Crippen LogP contribution in [0.15, 0.2) is 29.2 Å². The van der Waals surface area contributed by atoms with Gasteiger partial charge in [0.1, 0.15) is 6.04 Å². The predicted octanol–water partition coefficient (Wildman–Crippen LogP) is 2.08. The molecular formula is C13H14ClF3N2O3S. The van der Waals surface area contributed by atoms with E-state index < -0.39 is 40.5 Å². The van der Waals surface area contributed by atoms with E-state index in [0.29, 0.717) is 5.02 Å². The Bertz CT molecular complexity index is 677. The molecule has 0 bridgehead atoms. The molecule has 1 aromatic rings. The quantitative estimate of drug-likeness (QED) is 0.855. The summed E-state index contributed by atoms with van der Waals surface area (Å²) in [6.07, 6.45) is -5.41. The van der Waals surface area contributed by atoms with Gasteiger partial charge in [0.15, 0.2) is 0 Å². The molecule has 2 atom stereocenters. The van der Waals surface area contributed by atoms with Crippen LogP contribution in [0.25, 0.3) is 0 Å². The second-order valence-electron chi connectivity index (χ2n) is 5.18. The van der Waals surface area contributed by atoms with Crippen molar-refractivity contribution in [3.05, 3.63) is 29.3 Å². The number of alkyl halides is 3. The molecule has 2 rings (SSSR count). The maximum atomic E-state index is 12.9. The van der Waals surface area contributed by atoms with Gasteiger partial charge >= 0.3 is 6.18 Å². The molecule has 0 saturated carbocycles. The third kappa shape index (κ3) is 4.58. The van der Waals surface area contributed by atoms with Crippen molar-refractivity contribution in [2.45, 2.75) is 30.0 Å². The lowest BCUT2D eigenvalue weighted by Gasteiger charge is -2.21. The van der Waals surface area contributed by atoms with E-state index in [1.807, 2.05) is 4.72 Å². The Balaban J connectivity index is 2.21. The number of hydrogen-bond donors (Lipinski definition) is 2. The van der Waals surface area contributed by atoms with Crippen LogP contribution in [0.5, 0.6) is 0 Å². The highest BCUT2D eigenvalue weighted by molar-refractivity contribution is 7.89. The van der Waals surface area contributed by atoms with Crippen LogP contribution in [-0.2, 0) is 14.8 Å². The summed E-state index contributed by atoms with van der Waals surface area (Å²) in [6, 6.07) is 3.61. The van der Waals surface area contributed by atoms with Crippen molar-refractivity contribution in [2.75, 3.05) is 6.54 Å². The number of carbonyl (C=O) groups excluding carboxylic acids is 1. The van der Waals surface area contributed by atoms with Gasteiger partial charge in [-0.25, -0.2) is 8.42 Å². The molecule has 1 saturated heterocycles. The molecule has 23 heavy (non-hydrogen) atoms. The first kappa shape index (κ1) is 18.0. The normalized spacial score (nSPS) is 23.2. The standard InChI is InChI=1S/C13H14ClF3N2O3S/c14-9-1-3-10(4-2-9)23(21,22)19-11-7-8(13(15,16)17)5-6-18-12(11)20/h1-4,8,11,19H,5-7H2,(H,18,20). The molecule has 1 aromatic carbocycles.